The van der Waals surface area contributed by atoms with Crippen molar-refractivity contribution in [2.45, 2.75) is 13.8 Å². The minimum absolute atomic E-state index is 0.103. The second-order valence-electron chi connectivity index (χ2n) is 6.68. The average Bonchev–Trinajstić information content (AvgIpc) is 2.92. The summed E-state index contributed by atoms with van der Waals surface area (Å²) in [7, 11) is 0. The third kappa shape index (κ3) is 3.06. The SMILES string of the molecule is Cc1cc(C)cc(-n2c(O)c(C=Nc3ccccc3O)c3ccccc32)c1. The van der Waals surface area contributed by atoms with Crippen LogP contribution < -0.4 is 0 Å². The molecular weight excluding hydrogens is 336 g/mol. The first-order valence-electron chi connectivity index (χ1n) is 8.78. The maximum absolute atomic E-state index is 11.0. The van der Waals surface area contributed by atoms with Gasteiger partial charge in [0, 0.05) is 17.3 Å². The van der Waals surface area contributed by atoms with Crippen molar-refractivity contribution in [2.75, 3.05) is 0 Å². The van der Waals surface area contributed by atoms with E-state index in [0.29, 0.717) is 11.3 Å². The molecule has 0 aliphatic heterocycles. The summed E-state index contributed by atoms with van der Waals surface area (Å²) < 4.78 is 1.83. The lowest BCUT2D eigenvalue weighted by atomic mass is 10.1. The molecule has 0 atom stereocenters. The van der Waals surface area contributed by atoms with Gasteiger partial charge in [-0.15, -0.1) is 0 Å². The molecule has 0 unspecified atom stereocenters. The Morgan fingerprint density at radius 2 is 1.52 bits per heavy atom. The molecule has 3 aromatic carbocycles. The zero-order valence-electron chi connectivity index (χ0n) is 15.2. The Bertz CT molecular complexity index is 1150. The molecular formula is C23H20N2O2. The van der Waals surface area contributed by atoms with Gasteiger partial charge in [0.2, 0.25) is 5.88 Å². The fraction of sp³-hybridized carbons (Fsp3) is 0.0870. The molecule has 0 bridgehead atoms. The van der Waals surface area contributed by atoms with E-state index in [1.54, 1.807) is 24.4 Å². The molecule has 0 fully saturated rings. The van der Waals surface area contributed by atoms with Crippen molar-refractivity contribution in [3.05, 3.63) is 83.4 Å². The van der Waals surface area contributed by atoms with E-state index in [4.69, 9.17) is 0 Å². The molecule has 134 valence electrons. The molecule has 2 N–H and O–H groups in total. The van der Waals surface area contributed by atoms with Crippen molar-refractivity contribution in [2.24, 2.45) is 4.99 Å². The molecule has 0 radical (unpaired) electrons. The van der Waals surface area contributed by atoms with Crippen LogP contribution in [0, 0.1) is 13.8 Å². The lowest BCUT2D eigenvalue weighted by Crippen LogP contribution is -1.95. The molecule has 4 nitrogen and oxygen atoms in total. The van der Waals surface area contributed by atoms with Crippen molar-refractivity contribution in [1.82, 2.24) is 4.57 Å². The fourth-order valence-electron chi connectivity index (χ4n) is 3.43. The van der Waals surface area contributed by atoms with Gasteiger partial charge in [-0.1, -0.05) is 36.4 Å². The Hall–Kier alpha value is -3.53. The molecule has 4 aromatic rings. The molecule has 0 spiro atoms. The van der Waals surface area contributed by atoms with Crippen LogP contribution in [0.2, 0.25) is 0 Å². The van der Waals surface area contributed by atoms with Gasteiger partial charge in [0.1, 0.15) is 11.4 Å². The summed E-state index contributed by atoms with van der Waals surface area (Å²) in [6.45, 7) is 4.08. The van der Waals surface area contributed by atoms with E-state index in [0.717, 1.165) is 27.7 Å². The summed E-state index contributed by atoms with van der Waals surface area (Å²) in [6.07, 6.45) is 1.60. The van der Waals surface area contributed by atoms with Crippen molar-refractivity contribution < 1.29 is 10.2 Å². The second-order valence-corrected chi connectivity index (χ2v) is 6.68. The van der Waals surface area contributed by atoms with E-state index >= 15 is 0 Å². The zero-order chi connectivity index (χ0) is 19.0. The van der Waals surface area contributed by atoms with Gasteiger partial charge in [-0.25, -0.2) is 0 Å². The van der Waals surface area contributed by atoms with Crippen molar-refractivity contribution in [3.63, 3.8) is 0 Å². The van der Waals surface area contributed by atoms with Crippen LogP contribution in [0.1, 0.15) is 16.7 Å². The number of phenolic OH excluding ortho intramolecular Hbond substituents is 1. The van der Waals surface area contributed by atoms with E-state index in [1.165, 1.54) is 0 Å². The van der Waals surface area contributed by atoms with Gasteiger partial charge in [0.05, 0.1) is 11.1 Å². The van der Waals surface area contributed by atoms with Crippen LogP contribution in [0.5, 0.6) is 11.6 Å². The molecule has 0 aliphatic rings. The predicted molar refractivity (Wildman–Crippen MR) is 110 cm³/mol. The Kier molecular flexibility index (Phi) is 4.16. The zero-order valence-corrected chi connectivity index (χ0v) is 15.2. The highest BCUT2D eigenvalue weighted by atomic mass is 16.3. The first-order valence-corrected chi connectivity index (χ1v) is 8.78. The van der Waals surface area contributed by atoms with Crippen LogP contribution in [0.15, 0.2) is 71.7 Å². The average molecular weight is 356 g/mol. The quantitative estimate of drug-likeness (QED) is 0.482. The number of aryl methyl sites for hydroxylation is 2. The van der Waals surface area contributed by atoms with Crippen LogP contribution in [-0.2, 0) is 0 Å². The number of hydrogen-bond acceptors (Lipinski definition) is 3. The summed E-state index contributed by atoms with van der Waals surface area (Å²) in [5.41, 5.74) is 5.15. The molecule has 0 aliphatic carbocycles. The van der Waals surface area contributed by atoms with Gasteiger partial charge in [0.25, 0.3) is 0 Å². The Morgan fingerprint density at radius 3 is 2.26 bits per heavy atom. The van der Waals surface area contributed by atoms with E-state index in [2.05, 4.69) is 11.1 Å². The highest BCUT2D eigenvalue weighted by Crippen LogP contribution is 2.34. The number of aromatic hydroxyl groups is 2. The lowest BCUT2D eigenvalue weighted by molar-refractivity contribution is 0.444. The largest absolute Gasteiger partial charge is 0.506 e. The van der Waals surface area contributed by atoms with Crippen molar-refractivity contribution >= 4 is 22.8 Å². The Labute approximate surface area is 157 Å². The second kappa shape index (κ2) is 6.65. The molecule has 4 rings (SSSR count). The molecule has 0 saturated carbocycles. The number of para-hydroxylation sites is 3. The van der Waals surface area contributed by atoms with Gasteiger partial charge < -0.3 is 10.2 Å². The van der Waals surface area contributed by atoms with Gasteiger partial charge in [-0.05, 0) is 55.3 Å². The van der Waals surface area contributed by atoms with Crippen molar-refractivity contribution in [3.8, 4) is 17.3 Å². The predicted octanol–water partition coefficient (Wildman–Crippen LogP) is 5.41. The minimum atomic E-state index is 0.103. The highest BCUT2D eigenvalue weighted by Gasteiger charge is 2.16. The molecule has 1 aromatic heterocycles. The van der Waals surface area contributed by atoms with Gasteiger partial charge in [0.15, 0.2) is 0 Å². The van der Waals surface area contributed by atoms with E-state index in [1.807, 2.05) is 60.9 Å². The standard InChI is InChI=1S/C23H20N2O2/c1-15-11-16(2)13-17(12-15)25-21-9-5-3-7-18(21)19(23(25)27)14-24-20-8-4-6-10-22(20)26/h3-14,26-27H,1-2H3. The maximum Gasteiger partial charge on any atom is 0.205 e. The van der Waals surface area contributed by atoms with Gasteiger partial charge in [-0.2, -0.15) is 0 Å². The summed E-state index contributed by atoms with van der Waals surface area (Å²) in [4.78, 5) is 4.38. The first kappa shape index (κ1) is 16.9. The summed E-state index contributed by atoms with van der Waals surface area (Å²) in [5.74, 6) is 0.228. The maximum atomic E-state index is 11.0. The molecule has 0 saturated heterocycles. The van der Waals surface area contributed by atoms with Crippen LogP contribution >= 0.6 is 0 Å². The monoisotopic (exact) mass is 356 g/mol. The number of aliphatic imine (C=N–C) groups is 1. The van der Waals surface area contributed by atoms with Crippen LogP contribution in [0.3, 0.4) is 0 Å². The van der Waals surface area contributed by atoms with Gasteiger partial charge in [-0.3, -0.25) is 9.56 Å². The first-order chi connectivity index (χ1) is 13.0. The normalized spacial score (nSPS) is 11.5. The number of phenols is 1. The van der Waals surface area contributed by atoms with E-state index in [9.17, 15) is 10.2 Å². The summed E-state index contributed by atoms with van der Waals surface area (Å²) in [6, 6.07) is 20.9. The number of fused-ring (bicyclic) bond motifs is 1. The molecule has 0 amide bonds. The fourth-order valence-corrected chi connectivity index (χ4v) is 3.43. The topological polar surface area (TPSA) is 57.8 Å². The minimum Gasteiger partial charge on any atom is -0.506 e. The number of nitrogens with zero attached hydrogens (tertiary/aromatic N) is 2. The molecule has 27 heavy (non-hydrogen) atoms. The Morgan fingerprint density at radius 1 is 0.852 bits per heavy atom. The molecule has 4 heteroatoms. The van der Waals surface area contributed by atoms with Crippen LogP contribution in [-0.4, -0.2) is 21.0 Å². The Balaban J connectivity index is 1.93. The number of hydrogen-bond donors (Lipinski definition) is 2. The van der Waals surface area contributed by atoms with E-state index in [-0.39, 0.29) is 11.6 Å². The third-order valence-corrected chi connectivity index (χ3v) is 4.57. The third-order valence-electron chi connectivity index (χ3n) is 4.57. The summed E-state index contributed by atoms with van der Waals surface area (Å²) >= 11 is 0. The van der Waals surface area contributed by atoms with Crippen LogP contribution in [0.25, 0.3) is 16.6 Å². The van der Waals surface area contributed by atoms with Crippen molar-refractivity contribution in [1.29, 1.82) is 0 Å². The number of aromatic nitrogens is 1. The smallest absolute Gasteiger partial charge is 0.205 e. The van der Waals surface area contributed by atoms with Gasteiger partial charge >= 0.3 is 0 Å². The highest BCUT2D eigenvalue weighted by molar-refractivity contribution is 6.04. The van der Waals surface area contributed by atoms with Crippen LogP contribution in [0.4, 0.5) is 5.69 Å². The number of rotatable bonds is 3. The molecule has 1 heterocycles. The van der Waals surface area contributed by atoms with E-state index < -0.39 is 0 Å². The number of benzene rings is 3. The lowest BCUT2D eigenvalue weighted by Gasteiger charge is -2.09. The summed E-state index contributed by atoms with van der Waals surface area (Å²) in [5, 5.41) is 21.8.